The monoisotopic (exact) mass is 434 g/mol. The maximum atomic E-state index is 12.0. The SMILES string of the molecule is CCC(C)=c1c(OCCCOC)ccc/c1=C(\C=O)N(C)CCNC(=O)OC(C)(C)C. The van der Waals surface area contributed by atoms with Gasteiger partial charge in [0.15, 0.2) is 6.29 Å². The van der Waals surface area contributed by atoms with Gasteiger partial charge in [-0.2, -0.15) is 0 Å². The number of ether oxygens (including phenoxy) is 3. The second kappa shape index (κ2) is 13.0. The zero-order chi connectivity index (χ0) is 23.4. The summed E-state index contributed by atoms with van der Waals surface area (Å²) in [6, 6.07) is 5.75. The summed E-state index contributed by atoms with van der Waals surface area (Å²) < 4.78 is 16.4. The van der Waals surface area contributed by atoms with E-state index in [1.54, 1.807) is 7.11 Å². The van der Waals surface area contributed by atoms with Gasteiger partial charge in [-0.3, -0.25) is 4.79 Å². The van der Waals surface area contributed by atoms with Gasteiger partial charge >= 0.3 is 6.09 Å². The van der Waals surface area contributed by atoms with E-state index in [4.69, 9.17) is 14.2 Å². The van der Waals surface area contributed by atoms with E-state index in [0.717, 1.165) is 40.9 Å². The predicted molar refractivity (Wildman–Crippen MR) is 123 cm³/mol. The summed E-state index contributed by atoms with van der Waals surface area (Å²) >= 11 is 0. The number of nitrogens with zero attached hydrogens (tertiary/aromatic N) is 1. The summed E-state index contributed by atoms with van der Waals surface area (Å²) in [5, 5.41) is 4.49. The Bertz CT molecular complexity index is 843. The molecule has 0 heterocycles. The first kappa shape index (κ1) is 26.5. The molecule has 1 aromatic carbocycles. The molecule has 1 N–H and O–H groups in total. The fourth-order valence-electron chi connectivity index (χ4n) is 2.99. The van der Waals surface area contributed by atoms with Crippen molar-refractivity contribution in [3.05, 3.63) is 28.6 Å². The molecular formula is C24H38N2O5. The number of nitrogens with one attached hydrogen (secondary N) is 1. The van der Waals surface area contributed by atoms with E-state index in [9.17, 15) is 9.59 Å². The lowest BCUT2D eigenvalue weighted by molar-refractivity contribution is -0.104. The normalized spacial score (nSPS) is 13.3. The lowest BCUT2D eigenvalue weighted by Crippen LogP contribution is -2.40. The molecule has 0 unspecified atom stereocenters. The van der Waals surface area contributed by atoms with Gasteiger partial charge in [-0.25, -0.2) is 4.79 Å². The molecule has 1 aromatic rings. The van der Waals surface area contributed by atoms with Gasteiger partial charge in [0.1, 0.15) is 11.4 Å². The lowest BCUT2D eigenvalue weighted by atomic mass is 10.1. The topological polar surface area (TPSA) is 77.1 Å². The lowest BCUT2D eigenvalue weighted by Gasteiger charge is -2.22. The molecular weight excluding hydrogens is 396 g/mol. The number of aldehydes is 1. The van der Waals surface area contributed by atoms with Crippen LogP contribution in [0.2, 0.25) is 0 Å². The largest absolute Gasteiger partial charge is 0.493 e. The highest BCUT2D eigenvalue weighted by Crippen LogP contribution is 2.08. The van der Waals surface area contributed by atoms with Crippen LogP contribution in [0.1, 0.15) is 47.5 Å². The zero-order valence-electron chi connectivity index (χ0n) is 20.0. The summed E-state index contributed by atoms with van der Waals surface area (Å²) in [7, 11) is 3.50. The van der Waals surface area contributed by atoms with Gasteiger partial charge in [0.2, 0.25) is 0 Å². The predicted octanol–water partition coefficient (Wildman–Crippen LogP) is 2.45. The molecule has 1 rings (SSSR count). The highest BCUT2D eigenvalue weighted by molar-refractivity contribution is 5.97. The molecule has 31 heavy (non-hydrogen) atoms. The maximum absolute atomic E-state index is 12.0. The third-order valence-electron chi connectivity index (χ3n) is 4.65. The fourth-order valence-corrected chi connectivity index (χ4v) is 2.99. The number of likely N-dealkylation sites (N-methyl/N-ethyl adjacent to an activating group) is 1. The summed E-state index contributed by atoms with van der Waals surface area (Å²) in [5.41, 5.74) is 1.12. The Morgan fingerprint density at radius 3 is 2.52 bits per heavy atom. The van der Waals surface area contributed by atoms with Gasteiger partial charge in [0.25, 0.3) is 0 Å². The summed E-state index contributed by atoms with van der Waals surface area (Å²) in [6.45, 7) is 11.5. The van der Waals surface area contributed by atoms with Crippen LogP contribution < -0.4 is 20.5 Å². The molecule has 0 bridgehead atoms. The summed E-state index contributed by atoms with van der Waals surface area (Å²) in [6.07, 6.45) is 1.99. The van der Waals surface area contributed by atoms with E-state index in [0.29, 0.717) is 32.0 Å². The molecule has 0 fully saturated rings. The van der Waals surface area contributed by atoms with Crippen LogP contribution in [0, 0.1) is 0 Å². The number of rotatable bonds is 11. The van der Waals surface area contributed by atoms with Crippen LogP contribution in [-0.4, -0.2) is 63.3 Å². The Balaban J connectivity index is 3.16. The zero-order valence-corrected chi connectivity index (χ0v) is 20.0. The molecule has 0 aliphatic heterocycles. The summed E-state index contributed by atoms with van der Waals surface area (Å²) in [4.78, 5) is 25.7. The van der Waals surface area contributed by atoms with Crippen LogP contribution in [0.15, 0.2) is 18.2 Å². The van der Waals surface area contributed by atoms with E-state index in [2.05, 4.69) is 12.2 Å². The van der Waals surface area contributed by atoms with Crippen LogP contribution in [-0.2, 0) is 14.3 Å². The molecule has 0 atom stereocenters. The number of carbonyl (C=O) groups is 2. The van der Waals surface area contributed by atoms with Crippen molar-refractivity contribution in [3.63, 3.8) is 0 Å². The molecule has 1 amide bonds. The number of hydrogen-bond acceptors (Lipinski definition) is 6. The number of benzene rings is 1. The van der Waals surface area contributed by atoms with Crippen molar-refractivity contribution in [2.75, 3.05) is 40.5 Å². The number of carbonyl (C=O) groups excluding carboxylic acids is 2. The van der Waals surface area contributed by atoms with Crippen molar-refractivity contribution in [1.82, 2.24) is 10.2 Å². The van der Waals surface area contributed by atoms with Crippen molar-refractivity contribution >= 4 is 23.6 Å². The third-order valence-corrected chi connectivity index (χ3v) is 4.65. The molecule has 0 spiro atoms. The van der Waals surface area contributed by atoms with Crippen LogP contribution in [0.25, 0.3) is 11.3 Å². The van der Waals surface area contributed by atoms with Crippen LogP contribution in [0.3, 0.4) is 0 Å². The minimum Gasteiger partial charge on any atom is -0.493 e. The molecule has 0 aliphatic carbocycles. The molecule has 0 aromatic heterocycles. The van der Waals surface area contributed by atoms with E-state index in [-0.39, 0.29) is 0 Å². The fraction of sp³-hybridized carbons (Fsp3) is 0.583. The van der Waals surface area contributed by atoms with Gasteiger partial charge < -0.3 is 24.4 Å². The second-order valence-corrected chi connectivity index (χ2v) is 8.36. The number of methoxy groups -OCH3 is 1. The Morgan fingerprint density at radius 2 is 1.94 bits per heavy atom. The van der Waals surface area contributed by atoms with Crippen molar-refractivity contribution < 1.29 is 23.8 Å². The minimum atomic E-state index is -0.553. The first-order chi connectivity index (χ1) is 14.6. The molecule has 0 aliphatic rings. The average molecular weight is 435 g/mol. The van der Waals surface area contributed by atoms with Gasteiger partial charge in [0, 0.05) is 50.7 Å². The van der Waals surface area contributed by atoms with Crippen LogP contribution in [0.4, 0.5) is 4.79 Å². The van der Waals surface area contributed by atoms with Gasteiger partial charge in [-0.1, -0.05) is 24.6 Å². The van der Waals surface area contributed by atoms with Gasteiger partial charge in [0.05, 0.1) is 12.3 Å². The first-order valence-electron chi connectivity index (χ1n) is 10.7. The molecule has 7 heteroatoms. The van der Waals surface area contributed by atoms with Gasteiger partial charge in [-0.15, -0.1) is 0 Å². The summed E-state index contributed by atoms with van der Waals surface area (Å²) in [5.74, 6) is 0.757. The Labute approximate surface area is 186 Å². The van der Waals surface area contributed by atoms with E-state index in [1.165, 1.54) is 0 Å². The standard InChI is InChI=1S/C24H38N2O5/c1-8-18(2)22-19(11-9-12-21(22)30-16-10-15-29-7)20(17-27)26(6)14-13-25-23(28)31-24(3,4)5/h9,11-12,17H,8,10,13-16H2,1-7H3,(H,25,28)/b20-19-,22-18?. The average Bonchev–Trinajstić information content (AvgIpc) is 2.70. The van der Waals surface area contributed by atoms with E-state index < -0.39 is 11.7 Å². The van der Waals surface area contributed by atoms with Crippen molar-refractivity contribution in [1.29, 1.82) is 0 Å². The quantitative estimate of drug-likeness (QED) is 0.426. The molecule has 7 nitrogen and oxygen atoms in total. The van der Waals surface area contributed by atoms with Crippen LogP contribution >= 0.6 is 0 Å². The maximum Gasteiger partial charge on any atom is 0.407 e. The smallest absolute Gasteiger partial charge is 0.407 e. The molecule has 0 saturated carbocycles. The minimum absolute atomic E-state index is 0.349. The van der Waals surface area contributed by atoms with Crippen molar-refractivity contribution in [2.24, 2.45) is 0 Å². The molecule has 0 saturated heterocycles. The Hall–Kier alpha value is -2.54. The second-order valence-electron chi connectivity index (χ2n) is 8.36. The highest BCUT2D eigenvalue weighted by Gasteiger charge is 2.16. The van der Waals surface area contributed by atoms with Crippen molar-refractivity contribution in [3.8, 4) is 5.75 Å². The Kier molecular flexibility index (Phi) is 11.1. The Morgan fingerprint density at radius 1 is 1.23 bits per heavy atom. The third kappa shape index (κ3) is 9.00. The molecule has 174 valence electrons. The van der Waals surface area contributed by atoms with E-state index in [1.807, 2.05) is 57.8 Å². The number of hydrogen-bond donors (Lipinski definition) is 1. The van der Waals surface area contributed by atoms with Gasteiger partial charge in [-0.05, 0) is 40.2 Å². The van der Waals surface area contributed by atoms with Crippen molar-refractivity contribution in [2.45, 2.75) is 53.1 Å². The highest BCUT2D eigenvalue weighted by atomic mass is 16.6. The van der Waals surface area contributed by atoms with Crippen LogP contribution in [0.5, 0.6) is 5.75 Å². The number of alkyl carbamates (subject to hydrolysis) is 1. The first-order valence-corrected chi connectivity index (χ1v) is 10.7. The molecule has 0 radical (unpaired) electrons. The number of amides is 1. The van der Waals surface area contributed by atoms with E-state index >= 15 is 0 Å².